The smallest absolute Gasteiger partial charge is 0.412 e. The molecule has 0 radical (unpaired) electrons. The van der Waals surface area contributed by atoms with Crippen LogP contribution in [0.2, 0.25) is 0 Å². The molecular formula is C16H24N4O4. The van der Waals surface area contributed by atoms with Gasteiger partial charge in [-0.25, -0.2) is 9.48 Å². The lowest BCUT2D eigenvalue weighted by molar-refractivity contribution is 0.0376. The van der Waals surface area contributed by atoms with Gasteiger partial charge in [0.25, 0.3) is 0 Å². The minimum Gasteiger partial charge on any atom is -0.444 e. The van der Waals surface area contributed by atoms with Crippen molar-refractivity contribution in [2.45, 2.75) is 46.0 Å². The molecule has 0 bridgehead atoms. The van der Waals surface area contributed by atoms with Crippen LogP contribution in [0.15, 0.2) is 12.1 Å². The average molecular weight is 336 g/mol. The second kappa shape index (κ2) is 7.14. The molecule has 1 aromatic carbocycles. The van der Waals surface area contributed by atoms with Crippen molar-refractivity contribution < 1.29 is 19.4 Å². The lowest BCUT2D eigenvalue weighted by atomic mass is 10.1. The van der Waals surface area contributed by atoms with E-state index in [0.717, 1.165) is 11.1 Å². The summed E-state index contributed by atoms with van der Waals surface area (Å²) in [4.78, 5) is 12.0. The van der Waals surface area contributed by atoms with Crippen molar-refractivity contribution in [2.75, 3.05) is 11.9 Å². The van der Waals surface area contributed by atoms with Crippen LogP contribution in [0.3, 0.4) is 0 Å². The molecule has 0 aliphatic rings. The Hall–Kier alpha value is -2.19. The Morgan fingerprint density at radius 1 is 1.42 bits per heavy atom. The maximum atomic E-state index is 12.0. The van der Waals surface area contributed by atoms with E-state index in [1.165, 1.54) is 0 Å². The lowest BCUT2D eigenvalue weighted by Crippen LogP contribution is -2.27. The SMILES string of the molecule is C[C@@H](O)COCc1cc(NC(=O)OC(C)(C)C)c2nnn(C)c2c1. The third-order valence-electron chi connectivity index (χ3n) is 3.04. The number of aryl methyl sites for hydroxylation is 1. The molecule has 1 amide bonds. The Morgan fingerprint density at radius 2 is 2.12 bits per heavy atom. The predicted octanol–water partition coefficient (Wildman–Crippen LogP) is 2.21. The first-order valence-corrected chi connectivity index (χ1v) is 7.74. The Labute approximate surface area is 140 Å². The van der Waals surface area contributed by atoms with Crippen molar-refractivity contribution in [3.8, 4) is 0 Å². The number of ether oxygens (including phenoxy) is 2. The predicted molar refractivity (Wildman–Crippen MR) is 89.7 cm³/mol. The summed E-state index contributed by atoms with van der Waals surface area (Å²) in [5.74, 6) is 0. The molecule has 132 valence electrons. The second-order valence-electron chi connectivity index (χ2n) is 6.72. The van der Waals surface area contributed by atoms with Crippen LogP contribution in [0.5, 0.6) is 0 Å². The van der Waals surface area contributed by atoms with E-state index in [4.69, 9.17) is 9.47 Å². The van der Waals surface area contributed by atoms with Gasteiger partial charge in [0.05, 0.1) is 30.5 Å². The van der Waals surface area contributed by atoms with Gasteiger partial charge in [0, 0.05) is 7.05 Å². The number of anilines is 1. The monoisotopic (exact) mass is 336 g/mol. The largest absolute Gasteiger partial charge is 0.444 e. The molecule has 0 aliphatic heterocycles. The third kappa shape index (κ3) is 4.90. The number of benzene rings is 1. The van der Waals surface area contributed by atoms with Gasteiger partial charge in [-0.1, -0.05) is 5.21 Å². The summed E-state index contributed by atoms with van der Waals surface area (Å²) in [6.07, 6.45) is -1.09. The molecule has 2 rings (SSSR count). The number of hydrogen-bond acceptors (Lipinski definition) is 6. The summed E-state index contributed by atoms with van der Waals surface area (Å²) in [5.41, 5.74) is 2.08. The lowest BCUT2D eigenvalue weighted by Gasteiger charge is -2.20. The molecule has 0 fully saturated rings. The number of aliphatic hydroxyl groups excluding tert-OH is 1. The van der Waals surface area contributed by atoms with Gasteiger partial charge in [-0.3, -0.25) is 5.32 Å². The summed E-state index contributed by atoms with van der Waals surface area (Å²) in [6.45, 7) is 7.58. The van der Waals surface area contributed by atoms with Crippen molar-refractivity contribution in [3.05, 3.63) is 17.7 Å². The molecule has 24 heavy (non-hydrogen) atoms. The summed E-state index contributed by atoms with van der Waals surface area (Å²) < 4.78 is 12.3. The zero-order chi connectivity index (χ0) is 17.9. The van der Waals surface area contributed by atoms with Crippen LogP contribution in [-0.4, -0.2) is 44.5 Å². The number of nitrogens with one attached hydrogen (secondary N) is 1. The first-order chi connectivity index (χ1) is 11.2. The van der Waals surface area contributed by atoms with Gasteiger partial charge in [0.2, 0.25) is 0 Å². The van der Waals surface area contributed by atoms with Crippen molar-refractivity contribution in [3.63, 3.8) is 0 Å². The Morgan fingerprint density at radius 3 is 2.75 bits per heavy atom. The topological polar surface area (TPSA) is 98.5 Å². The molecule has 2 N–H and O–H groups in total. The number of carbonyl (C=O) groups is 1. The fourth-order valence-corrected chi connectivity index (χ4v) is 2.13. The normalized spacial score (nSPS) is 13.1. The van der Waals surface area contributed by atoms with E-state index in [9.17, 15) is 9.90 Å². The molecule has 8 heteroatoms. The zero-order valence-electron chi connectivity index (χ0n) is 14.7. The number of aliphatic hydroxyl groups is 1. The standard InChI is InChI=1S/C16H24N4O4/c1-10(21)8-23-9-11-6-12(17-15(22)24-16(2,3)4)14-13(7-11)20(5)19-18-14/h6-7,10,21H,8-9H2,1-5H3,(H,17,22)/t10-/m1/s1. The van der Waals surface area contributed by atoms with Crippen LogP contribution >= 0.6 is 0 Å². The number of fused-ring (bicyclic) bond motifs is 1. The Bertz CT molecular complexity index is 719. The van der Waals surface area contributed by atoms with Crippen molar-refractivity contribution in [2.24, 2.45) is 7.05 Å². The number of hydrogen-bond donors (Lipinski definition) is 2. The molecule has 8 nitrogen and oxygen atoms in total. The maximum Gasteiger partial charge on any atom is 0.412 e. The van der Waals surface area contributed by atoms with E-state index in [0.29, 0.717) is 17.8 Å². The highest BCUT2D eigenvalue weighted by atomic mass is 16.6. The van der Waals surface area contributed by atoms with Crippen LogP contribution in [0.1, 0.15) is 33.3 Å². The first kappa shape index (κ1) is 18.2. The van der Waals surface area contributed by atoms with E-state index >= 15 is 0 Å². The molecule has 1 heterocycles. The van der Waals surface area contributed by atoms with E-state index in [1.54, 1.807) is 45.5 Å². The van der Waals surface area contributed by atoms with Crippen LogP contribution < -0.4 is 5.32 Å². The van der Waals surface area contributed by atoms with Crippen molar-refractivity contribution in [1.29, 1.82) is 0 Å². The van der Waals surface area contributed by atoms with Gasteiger partial charge >= 0.3 is 6.09 Å². The second-order valence-corrected chi connectivity index (χ2v) is 6.72. The summed E-state index contributed by atoms with van der Waals surface area (Å²) >= 11 is 0. The average Bonchev–Trinajstić information content (AvgIpc) is 2.78. The van der Waals surface area contributed by atoms with E-state index in [2.05, 4.69) is 15.6 Å². The maximum absolute atomic E-state index is 12.0. The van der Waals surface area contributed by atoms with Crippen LogP contribution in [-0.2, 0) is 23.1 Å². The van der Waals surface area contributed by atoms with Crippen molar-refractivity contribution in [1.82, 2.24) is 15.0 Å². The van der Waals surface area contributed by atoms with E-state index in [-0.39, 0.29) is 6.61 Å². The summed E-state index contributed by atoms with van der Waals surface area (Å²) in [7, 11) is 1.77. The summed E-state index contributed by atoms with van der Waals surface area (Å²) in [6, 6.07) is 3.65. The molecule has 0 aliphatic carbocycles. The molecule has 0 saturated heterocycles. The molecule has 1 atom stereocenters. The van der Waals surface area contributed by atoms with Crippen molar-refractivity contribution >= 4 is 22.8 Å². The van der Waals surface area contributed by atoms with Gasteiger partial charge in [0.1, 0.15) is 11.1 Å². The van der Waals surface area contributed by atoms with E-state index in [1.807, 2.05) is 6.07 Å². The molecule has 1 aromatic heterocycles. The minimum atomic E-state index is -0.594. The molecule has 0 spiro atoms. The third-order valence-corrected chi connectivity index (χ3v) is 3.04. The highest BCUT2D eigenvalue weighted by molar-refractivity contribution is 5.97. The van der Waals surface area contributed by atoms with Crippen LogP contribution in [0.4, 0.5) is 10.5 Å². The molecule has 0 unspecified atom stereocenters. The number of aromatic nitrogens is 3. The number of nitrogens with zero attached hydrogens (tertiary/aromatic N) is 3. The van der Waals surface area contributed by atoms with Gasteiger partial charge in [-0.05, 0) is 45.4 Å². The highest BCUT2D eigenvalue weighted by Crippen LogP contribution is 2.24. The van der Waals surface area contributed by atoms with Gasteiger partial charge in [-0.2, -0.15) is 0 Å². The fraction of sp³-hybridized carbons (Fsp3) is 0.562. The zero-order valence-corrected chi connectivity index (χ0v) is 14.7. The quantitative estimate of drug-likeness (QED) is 0.868. The Kier molecular flexibility index (Phi) is 5.40. The van der Waals surface area contributed by atoms with E-state index < -0.39 is 17.8 Å². The summed E-state index contributed by atoms with van der Waals surface area (Å²) in [5, 5.41) is 20.0. The van der Waals surface area contributed by atoms with Crippen LogP contribution in [0, 0.1) is 0 Å². The molecule has 2 aromatic rings. The number of carbonyl (C=O) groups excluding carboxylic acids is 1. The highest BCUT2D eigenvalue weighted by Gasteiger charge is 2.18. The molecular weight excluding hydrogens is 312 g/mol. The molecule has 0 saturated carbocycles. The van der Waals surface area contributed by atoms with Gasteiger partial charge in [0.15, 0.2) is 0 Å². The fourth-order valence-electron chi connectivity index (χ4n) is 2.13. The number of amides is 1. The minimum absolute atomic E-state index is 0.233. The van der Waals surface area contributed by atoms with Gasteiger partial charge in [-0.15, -0.1) is 5.10 Å². The number of rotatable bonds is 5. The Balaban J connectivity index is 2.25. The van der Waals surface area contributed by atoms with Gasteiger partial charge < -0.3 is 14.6 Å². The van der Waals surface area contributed by atoms with Crippen LogP contribution in [0.25, 0.3) is 11.0 Å². The first-order valence-electron chi connectivity index (χ1n) is 7.74.